The number of amides is 2. The van der Waals surface area contributed by atoms with Gasteiger partial charge in [-0.3, -0.25) is 28.8 Å². The number of aliphatic hydroxyl groups excluding tert-OH is 1. The van der Waals surface area contributed by atoms with E-state index in [9.17, 15) is 33.9 Å². The zero-order chi connectivity index (χ0) is 32.6. The van der Waals surface area contributed by atoms with Gasteiger partial charge in [-0.1, -0.05) is 6.07 Å². The molecule has 0 atom stereocenters. The first-order valence-electron chi connectivity index (χ1n) is 13.8. The average Bonchev–Trinajstić information content (AvgIpc) is 2.95. The average molecular weight is 615 g/mol. The minimum Gasteiger partial charge on any atom is -0.482 e. The van der Waals surface area contributed by atoms with Crippen molar-refractivity contribution in [1.29, 1.82) is 0 Å². The molecular formula is C31H38N2O11. The second-order valence-corrected chi connectivity index (χ2v) is 10.0. The number of carbonyl (C=O) groups excluding carboxylic acids is 6. The third-order valence-electron chi connectivity index (χ3n) is 5.68. The molecule has 0 bridgehead atoms. The first-order chi connectivity index (χ1) is 20.9. The van der Waals surface area contributed by atoms with Gasteiger partial charge in [0.2, 0.25) is 17.6 Å². The lowest BCUT2D eigenvalue weighted by molar-refractivity contribution is -0.127. The predicted octanol–water partition coefficient (Wildman–Crippen LogP) is 2.34. The molecule has 0 fully saturated rings. The highest BCUT2D eigenvalue weighted by molar-refractivity contribution is 6.03. The van der Waals surface area contributed by atoms with Gasteiger partial charge >= 0.3 is 0 Å². The number of methoxy groups -OCH3 is 1. The van der Waals surface area contributed by atoms with Gasteiger partial charge in [0.25, 0.3) is 0 Å². The van der Waals surface area contributed by atoms with Gasteiger partial charge in [0, 0.05) is 31.3 Å². The Morgan fingerprint density at radius 1 is 0.750 bits per heavy atom. The van der Waals surface area contributed by atoms with Gasteiger partial charge in [-0.2, -0.15) is 0 Å². The molecule has 0 saturated carbocycles. The molecule has 44 heavy (non-hydrogen) atoms. The zero-order valence-corrected chi connectivity index (χ0v) is 25.3. The van der Waals surface area contributed by atoms with Crippen molar-refractivity contribution in [2.24, 2.45) is 0 Å². The molecular weight excluding hydrogens is 576 g/mol. The molecule has 13 heteroatoms. The summed E-state index contributed by atoms with van der Waals surface area (Å²) >= 11 is 0. The normalized spacial score (nSPS) is 10.5. The van der Waals surface area contributed by atoms with Crippen LogP contribution in [-0.2, 0) is 41.9 Å². The molecule has 0 aliphatic rings. The minimum absolute atomic E-state index is 0.00531. The smallest absolute Gasteiger partial charge is 0.233 e. The van der Waals surface area contributed by atoms with E-state index < -0.39 is 18.2 Å². The number of anilines is 1. The molecule has 0 aromatic heterocycles. The number of hydrogen-bond donors (Lipinski definition) is 3. The molecule has 0 aliphatic carbocycles. The SMILES string of the molecule is COCc1cc(CO)cc(NC(=O)CC(=O)NCCCC(=O)c2cc(OCC(C)=O)c(OCC(C)=O)c(OCC(C)=O)c2)c1. The quantitative estimate of drug-likeness (QED) is 0.113. The van der Waals surface area contributed by atoms with Crippen LogP contribution in [0, 0.1) is 0 Å². The van der Waals surface area contributed by atoms with Crippen LogP contribution < -0.4 is 24.8 Å². The predicted molar refractivity (Wildman–Crippen MR) is 158 cm³/mol. The summed E-state index contributed by atoms with van der Waals surface area (Å²) in [6, 6.07) is 7.72. The maximum atomic E-state index is 13.0. The highest BCUT2D eigenvalue weighted by atomic mass is 16.5. The van der Waals surface area contributed by atoms with Gasteiger partial charge in [-0.15, -0.1) is 0 Å². The maximum absolute atomic E-state index is 13.0. The van der Waals surface area contributed by atoms with Crippen LogP contribution >= 0.6 is 0 Å². The molecule has 2 rings (SSSR count). The summed E-state index contributed by atoms with van der Waals surface area (Å²) in [5, 5.41) is 14.7. The topological polar surface area (TPSA) is 184 Å². The van der Waals surface area contributed by atoms with Crippen molar-refractivity contribution in [3.05, 3.63) is 47.0 Å². The van der Waals surface area contributed by atoms with Crippen LogP contribution in [0.2, 0.25) is 0 Å². The molecule has 3 N–H and O–H groups in total. The molecule has 0 spiro atoms. The maximum Gasteiger partial charge on any atom is 0.233 e. The zero-order valence-electron chi connectivity index (χ0n) is 25.3. The van der Waals surface area contributed by atoms with Crippen molar-refractivity contribution in [3.63, 3.8) is 0 Å². The van der Waals surface area contributed by atoms with Crippen LogP contribution in [0.25, 0.3) is 0 Å². The standard InChI is InChI=1S/C31H38N2O11/c1-19(35)15-42-27-11-24(12-28(43-16-20(2)36)31(27)44-17-21(3)37)26(38)6-5-7-32-29(39)13-30(40)33-25-9-22(14-34)8-23(10-25)18-41-4/h8-12,34H,5-7,13-18H2,1-4H3,(H,32,39)(H,33,40). The Balaban J connectivity index is 2.01. The van der Waals surface area contributed by atoms with Crippen molar-refractivity contribution in [1.82, 2.24) is 5.32 Å². The fraction of sp³-hybridized carbons (Fsp3) is 0.419. The summed E-state index contributed by atoms with van der Waals surface area (Å²) < 4.78 is 21.7. The van der Waals surface area contributed by atoms with Crippen LogP contribution in [0.5, 0.6) is 17.2 Å². The van der Waals surface area contributed by atoms with Crippen molar-refractivity contribution in [3.8, 4) is 17.2 Å². The van der Waals surface area contributed by atoms with Crippen LogP contribution in [0.1, 0.15) is 61.5 Å². The number of ether oxygens (including phenoxy) is 4. The van der Waals surface area contributed by atoms with Crippen LogP contribution in [0.3, 0.4) is 0 Å². The van der Waals surface area contributed by atoms with E-state index in [4.69, 9.17) is 18.9 Å². The molecule has 2 aromatic rings. The van der Waals surface area contributed by atoms with E-state index in [0.29, 0.717) is 11.3 Å². The molecule has 0 radical (unpaired) electrons. The Labute approximate surface area is 255 Å². The number of hydrogen-bond acceptors (Lipinski definition) is 11. The van der Waals surface area contributed by atoms with Gasteiger partial charge in [-0.25, -0.2) is 0 Å². The molecule has 238 valence electrons. The van der Waals surface area contributed by atoms with E-state index in [0.717, 1.165) is 5.56 Å². The third-order valence-corrected chi connectivity index (χ3v) is 5.68. The van der Waals surface area contributed by atoms with Crippen molar-refractivity contribution >= 4 is 40.6 Å². The van der Waals surface area contributed by atoms with Crippen molar-refractivity contribution in [2.75, 3.05) is 38.8 Å². The van der Waals surface area contributed by atoms with Crippen LogP contribution in [-0.4, -0.2) is 73.5 Å². The van der Waals surface area contributed by atoms with Gasteiger partial charge in [0.05, 0.1) is 13.2 Å². The number of aliphatic hydroxyl groups is 1. The molecule has 0 aliphatic heterocycles. The lowest BCUT2D eigenvalue weighted by Crippen LogP contribution is -2.29. The first-order valence-corrected chi connectivity index (χ1v) is 13.8. The van der Waals surface area contributed by atoms with Crippen molar-refractivity contribution in [2.45, 2.75) is 53.2 Å². The Morgan fingerprint density at radius 3 is 1.86 bits per heavy atom. The van der Waals surface area contributed by atoms with E-state index in [1.807, 2.05) is 0 Å². The van der Waals surface area contributed by atoms with Gasteiger partial charge in [0.15, 0.2) is 34.6 Å². The molecule has 0 unspecified atom stereocenters. The monoisotopic (exact) mass is 614 g/mol. The van der Waals surface area contributed by atoms with E-state index in [-0.39, 0.29) is 98.4 Å². The number of benzene rings is 2. The van der Waals surface area contributed by atoms with E-state index in [1.165, 1.54) is 40.0 Å². The molecule has 2 aromatic carbocycles. The van der Waals surface area contributed by atoms with E-state index in [1.54, 1.807) is 18.2 Å². The summed E-state index contributed by atoms with van der Waals surface area (Å²) in [4.78, 5) is 72.2. The minimum atomic E-state index is -0.555. The number of nitrogens with one attached hydrogen (secondary N) is 2. The van der Waals surface area contributed by atoms with Gasteiger partial charge in [-0.05, 0) is 62.6 Å². The van der Waals surface area contributed by atoms with Gasteiger partial charge in [0.1, 0.15) is 26.2 Å². The lowest BCUT2D eigenvalue weighted by atomic mass is 10.0. The summed E-state index contributed by atoms with van der Waals surface area (Å²) in [5.41, 5.74) is 1.89. The summed E-state index contributed by atoms with van der Waals surface area (Å²) in [5.74, 6) is -2.40. The van der Waals surface area contributed by atoms with Gasteiger partial charge < -0.3 is 34.7 Å². The Morgan fingerprint density at radius 2 is 1.32 bits per heavy atom. The number of Topliss-reactive ketones (excluding diaryl/α,β-unsaturated/α-hetero) is 4. The summed E-state index contributed by atoms with van der Waals surface area (Å²) in [7, 11) is 1.52. The Hall–Kier alpha value is -4.62. The third kappa shape index (κ3) is 12.7. The number of rotatable bonds is 20. The second-order valence-electron chi connectivity index (χ2n) is 10.0. The fourth-order valence-corrected chi connectivity index (χ4v) is 3.84. The second kappa shape index (κ2) is 18.1. The fourth-order valence-electron chi connectivity index (χ4n) is 3.84. The van der Waals surface area contributed by atoms with Crippen molar-refractivity contribution < 1.29 is 52.8 Å². The summed E-state index contributed by atoms with van der Waals surface area (Å²) in [6.45, 7) is 3.10. The largest absolute Gasteiger partial charge is 0.482 e. The molecule has 13 nitrogen and oxygen atoms in total. The molecule has 0 heterocycles. The Kier molecular flexibility index (Phi) is 14.7. The van der Waals surface area contributed by atoms with E-state index in [2.05, 4.69) is 10.6 Å². The number of carbonyl (C=O) groups is 6. The Bertz CT molecular complexity index is 1330. The van der Waals surface area contributed by atoms with Crippen LogP contribution in [0.4, 0.5) is 5.69 Å². The highest BCUT2D eigenvalue weighted by Crippen LogP contribution is 2.39. The van der Waals surface area contributed by atoms with E-state index >= 15 is 0 Å². The first kappa shape index (κ1) is 35.6. The molecule has 2 amide bonds. The summed E-state index contributed by atoms with van der Waals surface area (Å²) in [6.07, 6.45) is -0.220. The van der Waals surface area contributed by atoms with Crippen LogP contribution in [0.15, 0.2) is 30.3 Å². The number of ketones is 4. The highest BCUT2D eigenvalue weighted by Gasteiger charge is 2.20. The molecule has 0 saturated heterocycles. The lowest BCUT2D eigenvalue weighted by Gasteiger charge is -2.17.